The van der Waals surface area contributed by atoms with E-state index in [1.165, 1.54) is 7.11 Å². The molecule has 1 aliphatic carbocycles. The van der Waals surface area contributed by atoms with Crippen molar-refractivity contribution in [3.63, 3.8) is 0 Å². The second-order valence-corrected chi connectivity index (χ2v) is 5.89. The SMILES string of the molecule is CCCc1c2c(c(OC)c3c(=O)cc(C(=O)[O-])oc13)CCCC2.[Na+]. The molecule has 0 radical (unpaired) electrons. The van der Waals surface area contributed by atoms with Crippen molar-refractivity contribution in [1.82, 2.24) is 0 Å². The van der Waals surface area contributed by atoms with Gasteiger partial charge in [0.15, 0.2) is 11.2 Å². The second kappa shape index (κ2) is 7.72. The fraction of sp³-hybridized carbons (Fsp3) is 0.444. The molecule has 0 bridgehead atoms. The Balaban J connectivity index is 0.00000208. The summed E-state index contributed by atoms with van der Waals surface area (Å²) in [5.41, 5.74) is 3.12. The van der Waals surface area contributed by atoms with Crippen LogP contribution in [0.2, 0.25) is 0 Å². The van der Waals surface area contributed by atoms with Crippen LogP contribution in [-0.4, -0.2) is 13.1 Å². The molecule has 3 rings (SSSR count). The molecule has 0 saturated carbocycles. The van der Waals surface area contributed by atoms with Gasteiger partial charge in [0.25, 0.3) is 0 Å². The van der Waals surface area contributed by atoms with Gasteiger partial charge < -0.3 is 19.1 Å². The zero-order chi connectivity index (χ0) is 16.6. The van der Waals surface area contributed by atoms with Gasteiger partial charge in [0.05, 0.1) is 7.11 Å². The summed E-state index contributed by atoms with van der Waals surface area (Å²) in [7, 11) is 1.54. The molecule has 0 spiro atoms. The maximum Gasteiger partial charge on any atom is 1.00 e. The van der Waals surface area contributed by atoms with E-state index in [4.69, 9.17) is 9.15 Å². The summed E-state index contributed by atoms with van der Waals surface area (Å²) in [6.07, 6.45) is 5.52. The summed E-state index contributed by atoms with van der Waals surface area (Å²) < 4.78 is 11.1. The summed E-state index contributed by atoms with van der Waals surface area (Å²) in [4.78, 5) is 23.6. The van der Waals surface area contributed by atoms with Crippen LogP contribution in [0.1, 0.15) is 53.4 Å². The molecular weight excluding hydrogens is 319 g/mol. The number of aryl methyl sites for hydroxylation is 1. The zero-order valence-corrected chi connectivity index (χ0v) is 16.4. The molecule has 0 unspecified atom stereocenters. The minimum atomic E-state index is -1.48. The van der Waals surface area contributed by atoms with Crippen molar-refractivity contribution in [2.24, 2.45) is 0 Å². The van der Waals surface area contributed by atoms with Gasteiger partial charge in [0, 0.05) is 6.07 Å². The third-order valence-corrected chi connectivity index (χ3v) is 4.46. The van der Waals surface area contributed by atoms with E-state index in [1.807, 2.05) is 6.92 Å². The fourth-order valence-corrected chi connectivity index (χ4v) is 3.54. The predicted octanol–water partition coefficient (Wildman–Crippen LogP) is -1.000. The number of hydrogen-bond donors (Lipinski definition) is 0. The van der Waals surface area contributed by atoms with Gasteiger partial charge in [-0.3, -0.25) is 4.79 Å². The van der Waals surface area contributed by atoms with Crippen molar-refractivity contribution < 1.29 is 48.6 Å². The first-order chi connectivity index (χ1) is 11.1. The van der Waals surface area contributed by atoms with Crippen molar-refractivity contribution in [3.05, 3.63) is 38.7 Å². The van der Waals surface area contributed by atoms with E-state index in [9.17, 15) is 14.7 Å². The number of carboxylic acid groups (broad SMARTS) is 1. The Morgan fingerprint density at radius 2 is 1.96 bits per heavy atom. The monoisotopic (exact) mass is 338 g/mol. The van der Waals surface area contributed by atoms with Crippen molar-refractivity contribution >= 4 is 16.9 Å². The molecule has 24 heavy (non-hydrogen) atoms. The largest absolute Gasteiger partial charge is 1.00 e. The maximum absolute atomic E-state index is 12.5. The van der Waals surface area contributed by atoms with Gasteiger partial charge in [-0.05, 0) is 48.8 Å². The number of fused-ring (bicyclic) bond motifs is 2. The van der Waals surface area contributed by atoms with E-state index < -0.39 is 17.2 Å². The van der Waals surface area contributed by atoms with E-state index in [0.717, 1.165) is 61.3 Å². The smallest absolute Gasteiger partial charge is 0.542 e. The van der Waals surface area contributed by atoms with E-state index in [2.05, 4.69) is 0 Å². The molecule has 0 saturated heterocycles. The average Bonchev–Trinajstić information content (AvgIpc) is 2.55. The predicted molar refractivity (Wildman–Crippen MR) is 84.0 cm³/mol. The molecule has 0 atom stereocenters. The number of ether oxygens (including phenoxy) is 1. The van der Waals surface area contributed by atoms with Crippen molar-refractivity contribution in [1.29, 1.82) is 0 Å². The van der Waals surface area contributed by atoms with Crippen LogP contribution in [-0.2, 0) is 19.3 Å². The number of carbonyl (C=O) groups excluding carboxylic acids is 1. The molecule has 1 heterocycles. The third-order valence-electron chi connectivity index (χ3n) is 4.46. The Kier molecular flexibility index (Phi) is 6.12. The van der Waals surface area contributed by atoms with Crippen LogP contribution >= 0.6 is 0 Å². The van der Waals surface area contributed by atoms with Gasteiger partial charge in [0.1, 0.15) is 22.7 Å². The van der Waals surface area contributed by atoms with Crippen LogP contribution in [0, 0.1) is 0 Å². The zero-order valence-electron chi connectivity index (χ0n) is 14.4. The van der Waals surface area contributed by atoms with Gasteiger partial charge in [-0.25, -0.2) is 0 Å². The van der Waals surface area contributed by atoms with Gasteiger partial charge in [0.2, 0.25) is 0 Å². The molecule has 5 nitrogen and oxygen atoms in total. The Labute approximate surface area is 162 Å². The van der Waals surface area contributed by atoms with E-state index >= 15 is 0 Å². The molecule has 0 aliphatic heterocycles. The van der Waals surface area contributed by atoms with Crippen LogP contribution < -0.4 is 44.8 Å². The number of hydrogen-bond acceptors (Lipinski definition) is 5. The third kappa shape index (κ3) is 3.13. The standard InChI is InChI=1S/C18H20O5.Na/c1-3-6-11-10-7-4-5-8-12(10)16(22-2)15-13(19)9-14(18(20)21)23-17(11)15;/h9H,3-8H2,1-2H3,(H,20,21);/q;+1/p-1. The Morgan fingerprint density at radius 1 is 1.29 bits per heavy atom. The fourth-order valence-electron chi connectivity index (χ4n) is 3.54. The summed E-state index contributed by atoms with van der Waals surface area (Å²) in [5.74, 6) is -1.38. The van der Waals surface area contributed by atoms with Crippen LogP contribution in [0.25, 0.3) is 11.0 Å². The Hall–Kier alpha value is -1.30. The average molecular weight is 338 g/mol. The van der Waals surface area contributed by atoms with Crippen molar-refractivity contribution in [2.75, 3.05) is 7.11 Å². The Morgan fingerprint density at radius 3 is 2.54 bits per heavy atom. The molecule has 2 aromatic rings. The molecule has 1 aromatic carbocycles. The number of benzene rings is 1. The molecule has 0 fully saturated rings. The van der Waals surface area contributed by atoms with Gasteiger partial charge >= 0.3 is 29.6 Å². The maximum atomic E-state index is 12.5. The molecule has 0 N–H and O–H groups in total. The van der Waals surface area contributed by atoms with Gasteiger partial charge in [-0.1, -0.05) is 13.3 Å². The number of methoxy groups -OCH3 is 1. The first-order valence-corrected chi connectivity index (χ1v) is 7.98. The van der Waals surface area contributed by atoms with E-state index in [1.54, 1.807) is 0 Å². The molecule has 122 valence electrons. The minimum Gasteiger partial charge on any atom is -0.542 e. The number of aromatic carboxylic acids is 1. The summed E-state index contributed by atoms with van der Waals surface area (Å²) in [6.45, 7) is 2.05. The minimum absolute atomic E-state index is 0. The van der Waals surface area contributed by atoms with Crippen LogP contribution in [0.3, 0.4) is 0 Å². The van der Waals surface area contributed by atoms with Gasteiger partial charge in [-0.2, -0.15) is 0 Å². The summed E-state index contributed by atoms with van der Waals surface area (Å²) in [5, 5.41) is 11.5. The quantitative estimate of drug-likeness (QED) is 0.668. The molecule has 0 amide bonds. The molecule has 6 heteroatoms. The van der Waals surface area contributed by atoms with Gasteiger partial charge in [-0.15, -0.1) is 0 Å². The van der Waals surface area contributed by atoms with E-state index in [0.29, 0.717) is 16.7 Å². The van der Waals surface area contributed by atoms with Crippen LogP contribution in [0.4, 0.5) is 0 Å². The molecule has 1 aliphatic rings. The number of carbonyl (C=O) groups is 1. The van der Waals surface area contributed by atoms with Crippen molar-refractivity contribution in [3.8, 4) is 5.75 Å². The molecule has 1 aromatic heterocycles. The second-order valence-electron chi connectivity index (χ2n) is 5.89. The van der Waals surface area contributed by atoms with Crippen LogP contribution in [0.15, 0.2) is 15.3 Å². The summed E-state index contributed by atoms with van der Waals surface area (Å²) >= 11 is 0. The number of rotatable bonds is 4. The van der Waals surface area contributed by atoms with Crippen LogP contribution in [0.5, 0.6) is 5.75 Å². The van der Waals surface area contributed by atoms with E-state index in [-0.39, 0.29) is 29.6 Å². The topological polar surface area (TPSA) is 79.6 Å². The molecular formula is C18H19NaO5. The first kappa shape index (κ1) is 19.0. The van der Waals surface area contributed by atoms with Crippen molar-refractivity contribution in [2.45, 2.75) is 45.4 Å². The summed E-state index contributed by atoms with van der Waals surface area (Å²) in [6, 6.07) is 0.977. The Bertz CT molecular complexity index is 838. The normalized spacial score (nSPS) is 13.2. The first-order valence-electron chi connectivity index (χ1n) is 7.98. The number of carboxylic acids is 1.